The smallest absolute Gasteiger partial charge is 0.0155 e. The Morgan fingerprint density at radius 2 is 0.465 bits per heavy atom. The Kier molecular flexibility index (Phi) is 9.42. The maximum absolute atomic E-state index is 2.63. The molecule has 2 aromatic rings. The number of hydrogen-bond donors (Lipinski definition) is 0. The van der Waals surface area contributed by atoms with E-state index in [-0.39, 0.29) is 43.3 Å². The third-order valence-corrected chi connectivity index (χ3v) is 9.32. The topological polar surface area (TPSA) is 0 Å². The van der Waals surface area contributed by atoms with Gasteiger partial charge in [-0.2, -0.15) is 0 Å². The van der Waals surface area contributed by atoms with E-state index in [4.69, 9.17) is 0 Å². The van der Waals surface area contributed by atoms with Crippen molar-refractivity contribution in [2.75, 3.05) is 0 Å². The highest BCUT2D eigenvalue weighted by atomic mass is 14.5. The Hall–Kier alpha value is -1.56. The van der Waals surface area contributed by atoms with Crippen molar-refractivity contribution in [2.45, 2.75) is 203 Å². The van der Waals surface area contributed by atoms with E-state index in [1.54, 1.807) is 16.7 Å². The first-order valence-corrected chi connectivity index (χ1v) is 17.0. The van der Waals surface area contributed by atoms with Crippen LogP contribution < -0.4 is 0 Å². The summed E-state index contributed by atoms with van der Waals surface area (Å²) in [6.45, 7) is 55.7. The average Bonchev–Trinajstić information content (AvgIpc) is 2.72. The fourth-order valence-corrected chi connectivity index (χ4v) is 7.16. The molecule has 0 aliphatic carbocycles. The lowest BCUT2D eigenvalue weighted by molar-refractivity contribution is 0.462. The van der Waals surface area contributed by atoms with E-state index in [1.165, 1.54) is 33.4 Å². The Morgan fingerprint density at radius 1 is 0.233 bits per heavy atom. The normalized spacial score (nSPS) is 14.9. The summed E-state index contributed by atoms with van der Waals surface area (Å²) in [5.41, 5.74) is 13.5. The first kappa shape index (κ1) is 37.6. The lowest BCUT2D eigenvalue weighted by Crippen LogP contribution is -2.38. The van der Waals surface area contributed by atoms with Gasteiger partial charge in [-0.1, -0.05) is 177 Å². The van der Waals surface area contributed by atoms with Gasteiger partial charge in [-0.05, 0) is 88.0 Å². The van der Waals surface area contributed by atoms with Crippen molar-refractivity contribution in [3.63, 3.8) is 0 Å². The molecule has 0 nitrogen and oxygen atoms in total. The van der Waals surface area contributed by atoms with Crippen molar-refractivity contribution in [3.05, 3.63) is 68.3 Å². The van der Waals surface area contributed by atoms with Gasteiger partial charge in [-0.15, -0.1) is 0 Å². The van der Waals surface area contributed by atoms with Crippen molar-refractivity contribution in [1.82, 2.24) is 0 Å². The molecule has 0 spiro atoms. The van der Waals surface area contributed by atoms with Gasteiger partial charge in [-0.25, -0.2) is 0 Å². The maximum Gasteiger partial charge on any atom is 0.0155 e. The van der Waals surface area contributed by atoms with Crippen LogP contribution in [-0.4, -0.2) is 0 Å². The molecule has 0 atom stereocenters. The van der Waals surface area contributed by atoms with E-state index < -0.39 is 0 Å². The van der Waals surface area contributed by atoms with E-state index in [2.05, 4.69) is 177 Å². The Morgan fingerprint density at radius 3 is 0.744 bits per heavy atom. The van der Waals surface area contributed by atoms with Gasteiger partial charge in [0.15, 0.2) is 0 Å². The van der Waals surface area contributed by atoms with Crippen molar-refractivity contribution in [2.24, 2.45) is 0 Å². The third kappa shape index (κ3) is 7.64. The molecule has 0 saturated heterocycles. The summed E-state index contributed by atoms with van der Waals surface area (Å²) in [6.07, 6.45) is 0. The monoisotopic (exact) mass is 589 g/mol. The standard InChI is InChI=1S/C43H72/c1-36(2,3)27-24-29(38(7,8)9)30(25-28(27)37(4,5)6)43(22,23)34-32(40(13,14)15)26-31(39(10,11)12)33(41(16,17)18)35(34)42(19,20)21/h24-26H,1-23H3. The van der Waals surface area contributed by atoms with Crippen molar-refractivity contribution in [3.8, 4) is 0 Å². The second-order valence-electron chi connectivity index (χ2n) is 21.4. The second kappa shape index (κ2) is 10.8. The number of hydrogen-bond acceptors (Lipinski definition) is 0. The number of rotatable bonds is 2. The molecule has 0 heterocycles. The molecule has 0 amide bonds. The minimum atomic E-state index is -0.222. The zero-order chi connectivity index (χ0) is 34.3. The summed E-state index contributed by atoms with van der Waals surface area (Å²) in [5.74, 6) is 0. The van der Waals surface area contributed by atoms with Crippen LogP contribution in [0.25, 0.3) is 0 Å². The SMILES string of the molecule is CC(C)(C)c1cc(C(C)(C)C)c(C(C)(C)c2c(C(C)(C)C)cc(C(C)(C)C)c(C(C)(C)C)c2C(C)(C)C)cc1C(C)(C)C. The van der Waals surface area contributed by atoms with Gasteiger partial charge in [0.05, 0.1) is 0 Å². The largest absolute Gasteiger partial charge is 0.0561 e. The molecule has 0 heteroatoms. The Labute approximate surface area is 270 Å². The first-order chi connectivity index (χ1) is 18.5. The van der Waals surface area contributed by atoms with Gasteiger partial charge >= 0.3 is 0 Å². The molecule has 43 heavy (non-hydrogen) atoms. The van der Waals surface area contributed by atoms with Gasteiger partial charge in [0, 0.05) is 5.41 Å². The van der Waals surface area contributed by atoms with Crippen LogP contribution in [0, 0.1) is 0 Å². The van der Waals surface area contributed by atoms with Gasteiger partial charge < -0.3 is 0 Å². The summed E-state index contributed by atoms with van der Waals surface area (Å²) in [4.78, 5) is 0. The minimum Gasteiger partial charge on any atom is -0.0561 e. The number of benzene rings is 2. The van der Waals surface area contributed by atoms with Gasteiger partial charge in [0.2, 0.25) is 0 Å². The molecule has 0 bridgehead atoms. The van der Waals surface area contributed by atoms with Crippen LogP contribution in [0.5, 0.6) is 0 Å². The predicted molar refractivity (Wildman–Crippen MR) is 196 cm³/mol. The van der Waals surface area contributed by atoms with Gasteiger partial charge in [0.1, 0.15) is 0 Å². The zero-order valence-electron chi connectivity index (χ0n) is 33.2. The van der Waals surface area contributed by atoms with E-state index >= 15 is 0 Å². The third-order valence-electron chi connectivity index (χ3n) is 9.32. The summed E-state index contributed by atoms with van der Waals surface area (Å²) in [6, 6.07) is 7.85. The molecule has 0 unspecified atom stereocenters. The maximum atomic E-state index is 2.63. The van der Waals surface area contributed by atoms with E-state index in [9.17, 15) is 0 Å². The molecule has 0 saturated carbocycles. The minimum absolute atomic E-state index is 0.00498. The molecule has 2 rings (SSSR count). The zero-order valence-corrected chi connectivity index (χ0v) is 33.2. The quantitative estimate of drug-likeness (QED) is 0.327. The molecule has 0 aliphatic heterocycles. The van der Waals surface area contributed by atoms with Crippen molar-refractivity contribution in [1.29, 1.82) is 0 Å². The lowest BCUT2D eigenvalue weighted by atomic mass is 9.58. The molecule has 0 fully saturated rings. The van der Waals surface area contributed by atoms with Crippen LogP contribution in [0.2, 0.25) is 0 Å². The van der Waals surface area contributed by atoms with Crippen LogP contribution in [0.15, 0.2) is 18.2 Å². The fraction of sp³-hybridized carbons (Fsp3) is 0.721. The van der Waals surface area contributed by atoms with Gasteiger partial charge in [0.25, 0.3) is 0 Å². The van der Waals surface area contributed by atoms with Crippen LogP contribution in [0.3, 0.4) is 0 Å². The summed E-state index contributed by atoms with van der Waals surface area (Å²) in [7, 11) is 0. The highest BCUT2D eigenvalue weighted by Crippen LogP contribution is 2.53. The van der Waals surface area contributed by atoms with Crippen molar-refractivity contribution >= 4 is 0 Å². The summed E-state index contributed by atoms with van der Waals surface area (Å²) >= 11 is 0. The van der Waals surface area contributed by atoms with Gasteiger partial charge in [-0.3, -0.25) is 0 Å². The molecule has 2 aromatic carbocycles. The molecule has 244 valence electrons. The summed E-state index contributed by atoms with van der Waals surface area (Å²) < 4.78 is 0. The highest BCUT2D eigenvalue weighted by molar-refractivity contribution is 5.62. The van der Waals surface area contributed by atoms with E-state index in [0.29, 0.717) is 0 Å². The second-order valence-corrected chi connectivity index (χ2v) is 21.4. The molecule has 0 aromatic heterocycles. The average molecular weight is 589 g/mol. The van der Waals surface area contributed by atoms with Crippen LogP contribution >= 0.6 is 0 Å². The van der Waals surface area contributed by atoms with E-state index in [1.807, 2.05) is 0 Å². The fourth-order valence-electron chi connectivity index (χ4n) is 7.16. The Bertz CT molecular complexity index is 1320. The molecular weight excluding hydrogens is 516 g/mol. The van der Waals surface area contributed by atoms with Crippen LogP contribution in [0.4, 0.5) is 0 Å². The molecule has 0 N–H and O–H groups in total. The molecule has 0 radical (unpaired) electrons. The van der Waals surface area contributed by atoms with Crippen molar-refractivity contribution < 1.29 is 0 Å². The Balaban J connectivity index is 3.49. The summed E-state index contributed by atoms with van der Waals surface area (Å²) in [5, 5.41) is 0. The molecular formula is C43H72. The highest BCUT2D eigenvalue weighted by Gasteiger charge is 2.43. The van der Waals surface area contributed by atoms with Crippen LogP contribution in [-0.2, 0) is 43.3 Å². The first-order valence-electron chi connectivity index (χ1n) is 17.0. The predicted octanol–water partition coefficient (Wildman–Crippen LogP) is 13.1. The molecule has 0 aliphatic rings. The van der Waals surface area contributed by atoms with Crippen LogP contribution in [0.1, 0.15) is 209 Å². The lowest BCUT2D eigenvalue weighted by Gasteiger charge is -2.46. The van der Waals surface area contributed by atoms with E-state index in [0.717, 1.165) is 0 Å².